The van der Waals surface area contributed by atoms with Gasteiger partial charge >= 0.3 is 0 Å². The van der Waals surface area contributed by atoms with Crippen LogP contribution in [0.1, 0.15) is 22.3 Å². The maximum atomic E-state index is 5.13. The van der Waals surface area contributed by atoms with Gasteiger partial charge in [0, 0.05) is 24.2 Å². The second-order valence-electron chi connectivity index (χ2n) is 9.64. The number of fused-ring (bicyclic) bond motifs is 16. The summed E-state index contributed by atoms with van der Waals surface area (Å²) in [5, 5.41) is 1.04. The van der Waals surface area contributed by atoms with E-state index >= 15 is 0 Å². The Bertz CT molecular complexity index is 2070. The van der Waals surface area contributed by atoms with Crippen molar-refractivity contribution in [3.05, 3.63) is 107 Å². The van der Waals surface area contributed by atoms with Gasteiger partial charge in [-0.05, 0) is 81.3 Å². The molecule has 4 aromatic heterocycles. The Kier molecular flexibility index (Phi) is 3.11. The van der Waals surface area contributed by atoms with Crippen LogP contribution in [0.25, 0.3) is 60.9 Å². The summed E-state index contributed by atoms with van der Waals surface area (Å²) in [5.41, 5.74) is 17.3. The van der Waals surface area contributed by atoms with E-state index in [4.69, 9.17) is 9.97 Å². The van der Waals surface area contributed by atoms with Crippen LogP contribution in [-0.2, 0) is 12.8 Å². The molecule has 35 heavy (non-hydrogen) atoms. The number of rotatable bonds is 0. The van der Waals surface area contributed by atoms with Gasteiger partial charge in [0.25, 0.3) is 0 Å². The van der Waals surface area contributed by atoms with E-state index in [2.05, 4.69) is 70.0 Å². The van der Waals surface area contributed by atoms with Crippen LogP contribution in [0.5, 0.6) is 0 Å². The molecule has 0 radical (unpaired) electrons. The van der Waals surface area contributed by atoms with E-state index in [1.807, 2.05) is 24.5 Å². The predicted octanol–water partition coefficient (Wildman–Crippen LogP) is 6.73. The van der Waals surface area contributed by atoms with Gasteiger partial charge in [0.1, 0.15) is 16.7 Å². The van der Waals surface area contributed by atoms with Crippen LogP contribution in [0.3, 0.4) is 0 Å². The van der Waals surface area contributed by atoms with Crippen LogP contribution in [0.2, 0.25) is 0 Å². The molecule has 0 aliphatic heterocycles. The average Bonchev–Trinajstić information content (AvgIpc) is 3.59. The van der Waals surface area contributed by atoms with Gasteiger partial charge < -0.3 is 0 Å². The first-order valence-corrected chi connectivity index (χ1v) is 12.1. The zero-order chi connectivity index (χ0) is 22.7. The third-order valence-corrected chi connectivity index (χ3v) is 7.93. The van der Waals surface area contributed by atoms with E-state index in [1.165, 1.54) is 50.0 Å². The molecule has 0 N–H and O–H groups in total. The van der Waals surface area contributed by atoms with E-state index < -0.39 is 0 Å². The minimum atomic E-state index is 0.904. The van der Waals surface area contributed by atoms with Gasteiger partial charge in [-0.3, -0.25) is 14.4 Å². The Morgan fingerprint density at radius 1 is 0.629 bits per heavy atom. The molecular formula is C31H18N4. The van der Waals surface area contributed by atoms with Gasteiger partial charge in [-0.2, -0.15) is 0 Å². The van der Waals surface area contributed by atoms with Gasteiger partial charge in [-0.25, -0.2) is 4.98 Å². The quantitative estimate of drug-likeness (QED) is 0.243. The number of benzene rings is 3. The summed E-state index contributed by atoms with van der Waals surface area (Å²) in [6.07, 6.45) is 5.61. The number of nitrogens with zero attached hydrogens (tertiary/aromatic N) is 4. The molecule has 0 fully saturated rings. The van der Waals surface area contributed by atoms with Crippen molar-refractivity contribution in [2.45, 2.75) is 12.8 Å². The molecular weight excluding hydrogens is 428 g/mol. The van der Waals surface area contributed by atoms with Gasteiger partial charge in [-0.1, -0.05) is 42.5 Å². The molecule has 4 heteroatoms. The van der Waals surface area contributed by atoms with E-state index in [0.717, 1.165) is 45.9 Å². The first-order valence-electron chi connectivity index (χ1n) is 12.1. The molecule has 2 aliphatic carbocycles. The van der Waals surface area contributed by atoms with Crippen LogP contribution in [0, 0.1) is 0 Å². The van der Waals surface area contributed by atoms with Crippen LogP contribution >= 0.6 is 0 Å². The number of imidazole rings is 1. The molecule has 0 saturated carbocycles. The largest absolute Gasteiger partial charge is 0.290 e. The highest BCUT2D eigenvalue weighted by Gasteiger charge is 2.30. The summed E-state index contributed by atoms with van der Waals surface area (Å²) in [6.45, 7) is 0. The Morgan fingerprint density at radius 3 is 2.43 bits per heavy atom. The van der Waals surface area contributed by atoms with Crippen LogP contribution < -0.4 is 0 Å². The van der Waals surface area contributed by atoms with Crippen molar-refractivity contribution < 1.29 is 0 Å². The van der Waals surface area contributed by atoms with E-state index in [0.29, 0.717) is 0 Å². The fourth-order valence-corrected chi connectivity index (χ4v) is 6.53. The predicted molar refractivity (Wildman–Crippen MR) is 140 cm³/mol. The topological polar surface area (TPSA) is 43.1 Å². The number of hydrogen-bond donors (Lipinski definition) is 0. The first-order chi connectivity index (χ1) is 17.4. The Morgan fingerprint density at radius 2 is 1.46 bits per heavy atom. The smallest absolute Gasteiger partial charge is 0.148 e. The Hall–Kier alpha value is -4.57. The van der Waals surface area contributed by atoms with Crippen LogP contribution in [0.15, 0.2) is 85.2 Å². The van der Waals surface area contributed by atoms with Crippen molar-refractivity contribution >= 4 is 38.6 Å². The zero-order valence-corrected chi connectivity index (χ0v) is 18.8. The standard InChI is InChI=1S/C31H18N4/c1-2-6-19-17(5-1)15-23-20(19)10-9-18-16-24-21(27(18)23)11-12-25-30(24)35-26-8-4-14-33-29(26)28-22(31(35)34-25)7-3-13-32-28/h1-14H,15-16H2. The number of hydrogen-bond acceptors (Lipinski definition) is 3. The summed E-state index contributed by atoms with van der Waals surface area (Å²) in [5.74, 6) is 0. The van der Waals surface area contributed by atoms with Crippen LogP contribution in [0.4, 0.5) is 0 Å². The van der Waals surface area contributed by atoms with Crippen molar-refractivity contribution in [3.63, 3.8) is 0 Å². The van der Waals surface area contributed by atoms with Crippen LogP contribution in [-0.4, -0.2) is 19.4 Å². The third kappa shape index (κ3) is 2.11. The van der Waals surface area contributed by atoms with Gasteiger partial charge in [0.05, 0.1) is 16.6 Å². The van der Waals surface area contributed by atoms with E-state index in [-0.39, 0.29) is 0 Å². The zero-order valence-electron chi connectivity index (χ0n) is 18.8. The van der Waals surface area contributed by atoms with E-state index in [9.17, 15) is 0 Å². The summed E-state index contributed by atoms with van der Waals surface area (Å²) in [4.78, 5) is 14.5. The highest BCUT2D eigenvalue weighted by Crippen LogP contribution is 2.49. The molecule has 0 saturated heterocycles. The number of aromatic nitrogens is 4. The van der Waals surface area contributed by atoms with Crippen molar-refractivity contribution in [2.24, 2.45) is 0 Å². The summed E-state index contributed by atoms with van der Waals surface area (Å²) < 4.78 is 2.32. The molecule has 0 atom stereocenters. The molecule has 0 unspecified atom stereocenters. The molecule has 9 rings (SSSR count). The lowest BCUT2D eigenvalue weighted by molar-refractivity contribution is 1.22. The fraction of sp³-hybridized carbons (Fsp3) is 0.0645. The van der Waals surface area contributed by atoms with Crippen molar-refractivity contribution in [2.75, 3.05) is 0 Å². The summed E-state index contributed by atoms with van der Waals surface area (Å²) in [7, 11) is 0. The SMILES string of the molecule is c1ccc2c(c1)Cc1c-2ccc2c1-c1ccc3nc4c5cccnc5c5ncccc5n4c3c1C2. The summed E-state index contributed by atoms with van der Waals surface area (Å²) in [6, 6.07) is 26.2. The monoisotopic (exact) mass is 446 g/mol. The molecule has 0 amide bonds. The van der Waals surface area contributed by atoms with Crippen molar-refractivity contribution in [3.8, 4) is 22.3 Å². The Balaban J connectivity index is 1.42. The van der Waals surface area contributed by atoms with Gasteiger partial charge in [0.2, 0.25) is 0 Å². The molecule has 3 aromatic carbocycles. The maximum Gasteiger partial charge on any atom is 0.148 e. The maximum absolute atomic E-state index is 5.13. The molecule has 4 nitrogen and oxygen atoms in total. The second-order valence-corrected chi connectivity index (χ2v) is 9.64. The summed E-state index contributed by atoms with van der Waals surface area (Å²) >= 11 is 0. The fourth-order valence-electron chi connectivity index (χ4n) is 6.53. The van der Waals surface area contributed by atoms with Crippen molar-refractivity contribution in [1.29, 1.82) is 0 Å². The normalized spacial score (nSPS) is 13.5. The lowest BCUT2D eigenvalue weighted by atomic mass is 9.95. The highest BCUT2D eigenvalue weighted by molar-refractivity contribution is 6.11. The van der Waals surface area contributed by atoms with E-state index in [1.54, 1.807) is 0 Å². The minimum absolute atomic E-state index is 0.904. The first kappa shape index (κ1) is 17.8. The van der Waals surface area contributed by atoms with Gasteiger partial charge in [-0.15, -0.1) is 0 Å². The van der Waals surface area contributed by atoms with Crippen molar-refractivity contribution in [1.82, 2.24) is 19.4 Å². The Labute approximate surface area is 200 Å². The minimum Gasteiger partial charge on any atom is -0.290 e. The molecule has 162 valence electrons. The lowest BCUT2D eigenvalue weighted by Gasteiger charge is -2.10. The second kappa shape index (κ2) is 6.10. The van der Waals surface area contributed by atoms with Gasteiger partial charge in [0.15, 0.2) is 0 Å². The molecule has 0 spiro atoms. The molecule has 2 aliphatic rings. The lowest BCUT2D eigenvalue weighted by Crippen LogP contribution is -1.96. The third-order valence-electron chi connectivity index (χ3n) is 7.93. The average molecular weight is 447 g/mol. The molecule has 4 heterocycles. The molecule has 0 bridgehead atoms. The molecule has 7 aromatic rings. The highest BCUT2D eigenvalue weighted by atomic mass is 15.0. The number of pyridine rings is 3.